The molecule has 0 atom stereocenters. The number of piperidine rings is 1. The predicted molar refractivity (Wildman–Crippen MR) is 117 cm³/mol. The molecule has 30 heavy (non-hydrogen) atoms. The maximum absolute atomic E-state index is 13.0. The van der Waals surface area contributed by atoms with Crippen LogP contribution in [-0.2, 0) is 28.3 Å². The van der Waals surface area contributed by atoms with Crippen molar-refractivity contribution >= 4 is 27.0 Å². The summed E-state index contributed by atoms with van der Waals surface area (Å²) in [4.78, 5) is 19.5. The van der Waals surface area contributed by atoms with E-state index in [2.05, 4.69) is 4.98 Å². The predicted octanol–water partition coefficient (Wildman–Crippen LogP) is 2.94. The van der Waals surface area contributed by atoms with E-state index < -0.39 is 10.0 Å². The molecule has 2 fully saturated rings. The second-order valence-corrected chi connectivity index (χ2v) is 10.5. The van der Waals surface area contributed by atoms with E-state index in [1.165, 1.54) is 12.8 Å². The molecule has 4 rings (SSSR count). The SMILES string of the molecule is CCN(CC1CC1)C(=O)CCc1nc2cc(S(=O)(=O)N3CCCCC3)ccc2n1C. The van der Waals surface area contributed by atoms with Crippen LogP contribution in [0.15, 0.2) is 23.1 Å². The van der Waals surface area contributed by atoms with Crippen molar-refractivity contribution in [3.63, 3.8) is 0 Å². The van der Waals surface area contributed by atoms with Crippen molar-refractivity contribution in [3.05, 3.63) is 24.0 Å². The van der Waals surface area contributed by atoms with E-state index in [1.54, 1.807) is 16.4 Å². The highest BCUT2D eigenvalue weighted by Gasteiger charge is 2.27. The molecule has 1 aromatic heterocycles. The summed E-state index contributed by atoms with van der Waals surface area (Å²) in [6.45, 7) is 4.82. The van der Waals surface area contributed by atoms with E-state index in [9.17, 15) is 13.2 Å². The summed E-state index contributed by atoms with van der Waals surface area (Å²) in [6.07, 6.45) is 6.37. The topological polar surface area (TPSA) is 75.5 Å². The molecule has 0 N–H and O–H groups in total. The summed E-state index contributed by atoms with van der Waals surface area (Å²) in [6, 6.07) is 5.18. The van der Waals surface area contributed by atoms with Crippen LogP contribution < -0.4 is 0 Å². The quantitative estimate of drug-likeness (QED) is 0.643. The first-order valence-corrected chi connectivity index (χ1v) is 12.6. The van der Waals surface area contributed by atoms with Gasteiger partial charge in [0.1, 0.15) is 5.82 Å². The summed E-state index contributed by atoms with van der Waals surface area (Å²) in [5.74, 6) is 1.67. The molecular weight excluding hydrogens is 400 g/mol. The molecule has 7 nitrogen and oxygen atoms in total. The van der Waals surface area contributed by atoms with Gasteiger partial charge in [0.25, 0.3) is 0 Å². The molecular formula is C22H32N4O3S. The maximum Gasteiger partial charge on any atom is 0.243 e. The molecule has 8 heteroatoms. The zero-order chi connectivity index (χ0) is 21.3. The van der Waals surface area contributed by atoms with Crippen LogP contribution in [0, 0.1) is 5.92 Å². The van der Waals surface area contributed by atoms with Gasteiger partial charge < -0.3 is 9.47 Å². The number of imidazole rings is 1. The molecule has 0 unspecified atom stereocenters. The molecule has 1 aromatic carbocycles. The largest absolute Gasteiger partial charge is 0.343 e. The van der Waals surface area contributed by atoms with Crippen LogP contribution in [0.3, 0.4) is 0 Å². The van der Waals surface area contributed by atoms with E-state index >= 15 is 0 Å². The van der Waals surface area contributed by atoms with E-state index in [0.29, 0.717) is 42.3 Å². The number of carbonyl (C=O) groups is 1. The second-order valence-electron chi connectivity index (χ2n) is 8.58. The zero-order valence-electron chi connectivity index (χ0n) is 18.0. The van der Waals surface area contributed by atoms with Crippen LogP contribution in [0.4, 0.5) is 0 Å². The van der Waals surface area contributed by atoms with Crippen LogP contribution in [0.25, 0.3) is 11.0 Å². The number of aromatic nitrogens is 2. The van der Waals surface area contributed by atoms with Crippen molar-refractivity contribution in [2.75, 3.05) is 26.2 Å². The van der Waals surface area contributed by atoms with E-state index in [1.807, 2.05) is 29.5 Å². The lowest BCUT2D eigenvalue weighted by Gasteiger charge is -2.25. The molecule has 1 saturated heterocycles. The number of aryl methyl sites for hydroxylation is 2. The lowest BCUT2D eigenvalue weighted by atomic mass is 10.2. The maximum atomic E-state index is 13.0. The number of rotatable bonds is 8. The molecule has 1 saturated carbocycles. The summed E-state index contributed by atoms with van der Waals surface area (Å²) in [7, 11) is -1.55. The molecule has 2 heterocycles. The van der Waals surface area contributed by atoms with Crippen molar-refractivity contribution in [2.45, 2.75) is 56.8 Å². The molecule has 2 aromatic rings. The van der Waals surface area contributed by atoms with Crippen LogP contribution >= 0.6 is 0 Å². The lowest BCUT2D eigenvalue weighted by Crippen LogP contribution is -2.35. The van der Waals surface area contributed by atoms with Gasteiger partial charge in [0.2, 0.25) is 15.9 Å². The molecule has 1 aliphatic heterocycles. The fourth-order valence-electron chi connectivity index (χ4n) is 4.26. The first-order chi connectivity index (χ1) is 14.4. The zero-order valence-corrected chi connectivity index (χ0v) is 18.8. The van der Waals surface area contributed by atoms with Crippen molar-refractivity contribution in [1.82, 2.24) is 18.8 Å². The molecule has 1 amide bonds. The van der Waals surface area contributed by atoms with Crippen molar-refractivity contribution in [1.29, 1.82) is 0 Å². The number of hydrogen-bond acceptors (Lipinski definition) is 4. The van der Waals surface area contributed by atoms with Crippen molar-refractivity contribution < 1.29 is 13.2 Å². The Kier molecular flexibility index (Phi) is 6.16. The highest BCUT2D eigenvalue weighted by Crippen LogP contribution is 2.30. The summed E-state index contributed by atoms with van der Waals surface area (Å²) in [5, 5.41) is 0. The third-order valence-electron chi connectivity index (χ3n) is 6.37. The Bertz CT molecular complexity index is 1020. The fraction of sp³-hybridized carbons (Fsp3) is 0.636. The average Bonchev–Trinajstić information content (AvgIpc) is 3.53. The standard InChI is InChI=1S/C22H32N4O3S/c1-3-25(16-17-7-8-17)22(27)12-11-21-23-19-15-18(9-10-20(19)24(21)2)30(28,29)26-13-5-4-6-14-26/h9-10,15,17H,3-8,11-14,16H2,1-2H3. The van der Waals surface area contributed by atoms with E-state index in [-0.39, 0.29) is 5.91 Å². The Labute approximate surface area is 179 Å². The molecule has 1 aliphatic carbocycles. The third-order valence-corrected chi connectivity index (χ3v) is 8.26. The van der Waals surface area contributed by atoms with Crippen molar-refractivity contribution in [2.24, 2.45) is 13.0 Å². The van der Waals surface area contributed by atoms with Gasteiger partial charge in [0, 0.05) is 46.1 Å². The number of fused-ring (bicyclic) bond motifs is 1. The number of amides is 1. The fourth-order valence-corrected chi connectivity index (χ4v) is 5.80. The number of nitrogens with zero attached hydrogens (tertiary/aromatic N) is 4. The first-order valence-electron chi connectivity index (χ1n) is 11.1. The average molecular weight is 433 g/mol. The van der Waals surface area contributed by atoms with Crippen molar-refractivity contribution in [3.8, 4) is 0 Å². The molecule has 0 bridgehead atoms. The Morgan fingerprint density at radius 2 is 1.93 bits per heavy atom. The summed E-state index contributed by atoms with van der Waals surface area (Å²) < 4.78 is 29.5. The summed E-state index contributed by atoms with van der Waals surface area (Å²) in [5.41, 5.74) is 1.56. The number of benzene rings is 1. The van der Waals surface area contributed by atoms with Gasteiger partial charge in [-0.15, -0.1) is 0 Å². The van der Waals surface area contributed by atoms with Crippen LogP contribution in [0.5, 0.6) is 0 Å². The van der Waals surface area contributed by atoms with Gasteiger partial charge >= 0.3 is 0 Å². The number of sulfonamides is 1. The molecule has 0 radical (unpaired) electrons. The van der Waals surface area contributed by atoms with Gasteiger partial charge in [-0.2, -0.15) is 4.31 Å². The molecule has 0 spiro atoms. The van der Waals surface area contributed by atoms with Gasteiger partial charge in [-0.1, -0.05) is 6.42 Å². The Morgan fingerprint density at radius 3 is 2.60 bits per heavy atom. The molecule has 164 valence electrons. The minimum atomic E-state index is -3.48. The van der Waals surface area contributed by atoms with E-state index in [4.69, 9.17) is 0 Å². The highest BCUT2D eigenvalue weighted by molar-refractivity contribution is 7.89. The Hall–Kier alpha value is -1.93. The van der Waals surface area contributed by atoms with Crippen LogP contribution in [0.2, 0.25) is 0 Å². The third kappa shape index (κ3) is 4.39. The number of carbonyl (C=O) groups excluding carboxylic acids is 1. The van der Waals surface area contributed by atoms with Gasteiger partial charge in [-0.25, -0.2) is 13.4 Å². The highest BCUT2D eigenvalue weighted by atomic mass is 32.2. The Balaban J connectivity index is 1.50. The monoisotopic (exact) mass is 432 g/mol. The van der Waals surface area contributed by atoms with E-state index in [0.717, 1.165) is 43.7 Å². The first kappa shape index (κ1) is 21.3. The van der Waals surface area contributed by atoms with Crippen LogP contribution in [-0.4, -0.2) is 59.3 Å². The Morgan fingerprint density at radius 1 is 1.20 bits per heavy atom. The van der Waals surface area contributed by atoms with Gasteiger partial charge in [-0.3, -0.25) is 4.79 Å². The van der Waals surface area contributed by atoms with Gasteiger partial charge in [0.05, 0.1) is 15.9 Å². The van der Waals surface area contributed by atoms with Gasteiger partial charge in [0.15, 0.2) is 0 Å². The lowest BCUT2D eigenvalue weighted by molar-refractivity contribution is -0.131. The normalized spacial score (nSPS) is 18.1. The molecule has 2 aliphatic rings. The minimum Gasteiger partial charge on any atom is -0.343 e. The summed E-state index contributed by atoms with van der Waals surface area (Å²) >= 11 is 0. The van der Waals surface area contributed by atoms with Crippen LogP contribution in [0.1, 0.15) is 51.3 Å². The smallest absolute Gasteiger partial charge is 0.243 e. The second kappa shape index (κ2) is 8.67. The van der Waals surface area contributed by atoms with Gasteiger partial charge in [-0.05, 0) is 56.7 Å². The number of hydrogen-bond donors (Lipinski definition) is 0. The minimum absolute atomic E-state index is 0.171.